The predicted octanol–water partition coefficient (Wildman–Crippen LogP) is 6.59. The van der Waals surface area contributed by atoms with Crippen LogP contribution in [0.4, 0.5) is 8.78 Å². The molecule has 0 saturated carbocycles. The Labute approximate surface area is 149 Å². The standard InChI is InChI=1S/C22H24F2O/c1-9-14(2)10-11-15(3)18(6)21(23)22(24)19(7)16(4)12-13-17(5)20(8)25/h10-13H,2-7,9H2,1,8H3/b11-10-,13-12-,22-21-. The van der Waals surface area contributed by atoms with Crippen molar-refractivity contribution < 1.29 is 13.6 Å². The molecule has 0 unspecified atom stereocenters. The van der Waals surface area contributed by atoms with Crippen molar-refractivity contribution in [2.45, 2.75) is 20.3 Å². The number of Topliss-reactive ketones (excluding diaryl/α,β-unsaturated/α-hetero) is 1. The molecule has 0 aliphatic heterocycles. The van der Waals surface area contributed by atoms with Gasteiger partial charge in [-0.2, -0.15) is 0 Å². The maximum absolute atomic E-state index is 14.3. The van der Waals surface area contributed by atoms with Gasteiger partial charge in [-0.3, -0.25) is 4.79 Å². The molecule has 0 spiro atoms. The smallest absolute Gasteiger partial charge is 0.166 e. The van der Waals surface area contributed by atoms with Gasteiger partial charge in [-0.1, -0.05) is 76.3 Å². The van der Waals surface area contributed by atoms with Crippen LogP contribution in [-0.2, 0) is 4.79 Å². The van der Waals surface area contributed by atoms with Crippen LogP contribution in [0.2, 0.25) is 0 Å². The zero-order valence-electron chi connectivity index (χ0n) is 14.9. The summed E-state index contributed by atoms with van der Waals surface area (Å²) in [6.45, 7) is 24.9. The number of carbonyl (C=O) groups is 1. The van der Waals surface area contributed by atoms with E-state index >= 15 is 0 Å². The first-order valence-corrected chi connectivity index (χ1v) is 7.59. The second-order valence-electron chi connectivity index (χ2n) is 5.40. The third kappa shape index (κ3) is 7.08. The maximum Gasteiger partial charge on any atom is 0.166 e. The van der Waals surface area contributed by atoms with Crippen molar-refractivity contribution in [3.05, 3.63) is 109 Å². The van der Waals surface area contributed by atoms with E-state index in [1.165, 1.54) is 25.2 Å². The average Bonchev–Trinajstić information content (AvgIpc) is 2.60. The van der Waals surface area contributed by atoms with Gasteiger partial charge in [0.2, 0.25) is 0 Å². The second kappa shape index (κ2) is 10.1. The summed E-state index contributed by atoms with van der Waals surface area (Å²) in [6, 6.07) is 0. The zero-order chi connectivity index (χ0) is 19.7. The van der Waals surface area contributed by atoms with Crippen LogP contribution in [0.1, 0.15) is 20.3 Å². The highest BCUT2D eigenvalue weighted by Crippen LogP contribution is 2.29. The summed E-state index contributed by atoms with van der Waals surface area (Å²) in [5, 5.41) is 0. The van der Waals surface area contributed by atoms with E-state index in [0.717, 1.165) is 12.0 Å². The highest BCUT2D eigenvalue weighted by molar-refractivity contribution is 5.95. The van der Waals surface area contributed by atoms with Crippen LogP contribution in [0.5, 0.6) is 0 Å². The van der Waals surface area contributed by atoms with E-state index in [-0.39, 0.29) is 33.6 Å². The molecule has 0 bridgehead atoms. The summed E-state index contributed by atoms with van der Waals surface area (Å²) in [7, 11) is 0. The van der Waals surface area contributed by atoms with Crippen molar-refractivity contribution >= 4 is 5.78 Å². The molecule has 0 aromatic carbocycles. The molecule has 132 valence electrons. The molecule has 0 radical (unpaired) electrons. The summed E-state index contributed by atoms with van der Waals surface area (Å²) >= 11 is 0. The lowest BCUT2D eigenvalue weighted by molar-refractivity contribution is -0.113. The first-order chi connectivity index (χ1) is 11.5. The molecule has 0 saturated heterocycles. The number of halogens is 2. The Morgan fingerprint density at radius 1 is 0.760 bits per heavy atom. The van der Waals surface area contributed by atoms with Gasteiger partial charge in [-0.05, 0) is 24.5 Å². The van der Waals surface area contributed by atoms with Gasteiger partial charge in [0, 0.05) is 16.7 Å². The SMILES string of the molecule is C=C(/C=C\C(=C)C(=C)/C(F)=C(/F)C(=C)C(=C)/C=C\C(=C)C(C)=O)CC. The quantitative estimate of drug-likeness (QED) is 0.323. The molecule has 0 amide bonds. The molecule has 0 aromatic heterocycles. The Morgan fingerprint density at radius 2 is 1.12 bits per heavy atom. The molecule has 0 fully saturated rings. The Bertz CT molecular complexity index is 740. The first kappa shape index (κ1) is 22.2. The number of carbonyl (C=O) groups excluding carboxylic acids is 1. The fraction of sp³-hybridized carbons (Fsp3) is 0.136. The molecular weight excluding hydrogens is 318 g/mol. The van der Waals surface area contributed by atoms with Crippen LogP contribution < -0.4 is 0 Å². The summed E-state index contributed by atoms with van der Waals surface area (Å²) in [4.78, 5) is 11.1. The molecule has 0 aliphatic rings. The van der Waals surface area contributed by atoms with E-state index in [0.29, 0.717) is 0 Å². The largest absolute Gasteiger partial charge is 0.295 e. The van der Waals surface area contributed by atoms with Crippen LogP contribution in [-0.4, -0.2) is 5.78 Å². The lowest BCUT2D eigenvalue weighted by Crippen LogP contribution is -1.94. The third-order valence-electron chi connectivity index (χ3n) is 3.41. The molecule has 0 atom stereocenters. The topological polar surface area (TPSA) is 17.1 Å². The molecule has 3 heteroatoms. The van der Waals surface area contributed by atoms with Crippen LogP contribution in [0.15, 0.2) is 109 Å². The number of rotatable bonds is 10. The van der Waals surface area contributed by atoms with E-state index < -0.39 is 11.7 Å². The number of allylic oxidation sites excluding steroid dienone is 12. The Kier molecular flexibility index (Phi) is 9.00. The van der Waals surface area contributed by atoms with Gasteiger partial charge in [-0.25, -0.2) is 8.78 Å². The van der Waals surface area contributed by atoms with E-state index in [9.17, 15) is 13.6 Å². The zero-order valence-corrected chi connectivity index (χ0v) is 14.9. The summed E-state index contributed by atoms with van der Waals surface area (Å²) in [5.41, 5.74) is 0.944. The van der Waals surface area contributed by atoms with Gasteiger partial charge in [0.1, 0.15) is 0 Å². The number of hydrogen-bond acceptors (Lipinski definition) is 1. The second-order valence-corrected chi connectivity index (χ2v) is 5.40. The molecule has 0 rings (SSSR count). The van der Waals surface area contributed by atoms with E-state index in [1.54, 1.807) is 6.08 Å². The summed E-state index contributed by atoms with van der Waals surface area (Å²) in [5.74, 6) is -2.58. The molecule has 25 heavy (non-hydrogen) atoms. The van der Waals surface area contributed by atoms with Crippen molar-refractivity contribution in [1.29, 1.82) is 0 Å². The van der Waals surface area contributed by atoms with Gasteiger partial charge in [0.05, 0.1) is 0 Å². The summed E-state index contributed by atoms with van der Waals surface area (Å²) in [6.07, 6.45) is 6.64. The molecule has 0 N–H and O–H groups in total. The fourth-order valence-corrected chi connectivity index (χ4v) is 1.40. The lowest BCUT2D eigenvalue weighted by atomic mass is 10.0. The molecule has 1 nitrogen and oxygen atoms in total. The Morgan fingerprint density at radius 3 is 1.48 bits per heavy atom. The minimum Gasteiger partial charge on any atom is -0.295 e. The van der Waals surface area contributed by atoms with Gasteiger partial charge in [0.15, 0.2) is 17.4 Å². The van der Waals surface area contributed by atoms with Gasteiger partial charge in [0.25, 0.3) is 0 Å². The van der Waals surface area contributed by atoms with Crippen LogP contribution in [0.25, 0.3) is 0 Å². The molecular formula is C22H24F2O. The Hall–Kier alpha value is -2.81. The van der Waals surface area contributed by atoms with Crippen molar-refractivity contribution in [1.82, 2.24) is 0 Å². The molecule has 0 aromatic rings. The van der Waals surface area contributed by atoms with Crippen LogP contribution in [0.3, 0.4) is 0 Å². The highest BCUT2D eigenvalue weighted by atomic mass is 19.2. The molecule has 0 aliphatic carbocycles. The van der Waals surface area contributed by atoms with Crippen molar-refractivity contribution in [3.63, 3.8) is 0 Å². The minimum atomic E-state index is -1.18. The molecule has 0 heterocycles. The third-order valence-corrected chi connectivity index (χ3v) is 3.41. The van der Waals surface area contributed by atoms with E-state index in [4.69, 9.17) is 0 Å². The van der Waals surface area contributed by atoms with E-state index in [1.807, 2.05) is 6.92 Å². The van der Waals surface area contributed by atoms with Gasteiger partial charge in [-0.15, -0.1) is 0 Å². The maximum atomic E-state index is 14.3. The Balaban J connectivity index is 5.29. The van der Waals surface area contributed by atoms with Crippen molar-refractivity contribution in [3.8, 4) is 0 Å². The highest BCUT2D eigenvalue weighted by Gasteiger charge is 2.15. The van der Waals surface area contributed by atoms with Gasteiger partial charge < -0.3 is 0 Å². The van der Waals surface area contributed by atoms with Gasteiger partial charge >= 0.3 is 0 Å². The first-order valence-electron chi connectivity index (χ1n) is 7.59. The van der Waals surface area contributed by atoms with E-state index in [2.05, 4.69) is 39.5 Å². The minimum absolute atomic E-state index is 0.114. The van der Waals surface area contributed by atoms with Crippen molar-refractivity contribution in [2.24, 2.45) is 0 Å². The predicted molar refractivity (Wildman–Crippen MR) is 103 cm³/mol. The lowest BCUT2D eigenvalue weighted by Gasteiger charge is -2.08. The monoisotopic (exact) mass is 342 g/mol. The normalized spacial score (nSPS) is 12.0. The van der Waals surface area contributed by atoms with Crippen molar-refractivity contribution in [2.75, 3.05) is 0 Å². The fourth-order valence-electron chi connectivity index (χ4n) is 1.40. The van der Waals surface area contributed by atoms with Crippen LogP contribution in [0, 0.1) is 0 Å². The summed E-state index contributed by atoms with van der Waals surface area (Å²) < 4.78 is 28.6. The van der Waals surface area contributed by atoms with Crippen LogP contribution >= 0.6 is 0 Å². The average molecular weight is 342 g/mol. The number of hydrogen-bond donors (Lipinski definition) is 0. The number of ketones is 1.